The van der Waals surface area contributed by atoms with Crippen molar-refractivity contribution in [3.05, 3.63) is 59.0 Å². The number of hydrogen-bond donors (Lipinski definition) is 1. The minimum Gasteiger partial charge on any atom is -0.464 e. The molecule has 2 heteroatoms. The molecule has 21 heavy (non-hydrogen) atoms. The molecule has 1 saturated carbocycles. The Morgan fingerprint density at radius 2 is 1.81 bits per heavy atom. The average Bonchev–Trinajstić information content (AvgIpc) is 3.01. The maximum Gasteiger partial charge on any atom is 0.117 e. The van der Waals surface area contributed by atoms with Crippen LogP contribution < -0.4 is 5.32 Å². The molecule has 0 bridgehead atoms. The zero-order chi connectivity index (χ0) is 14.8. The molecule has 112 valence electrons. The summed E-state index contributed by atoms with van der Waals surface area (Å²) in [7, 11) is 0. The Kier molecular flexibility index (Phi) is 4.16. The van der Waals surface area contributed by atoms with Gasteiger partial charge in [0.1, 0.15) is 11.5 Å². The highest BCUT2D eigenvalue weighted by Gasteiger charge is 2.36. The molecule has 0 aliphatic heterocycles. The molecule has 0 radical (unpaired) electrons. The fourth-order valence-corrected chi connectivity index (χ4v) is 2.76. The first-order chi connectivity index (χ1) is 10.1. The average molecular weight is 283 g/mol. The Morgan fingerprint density at radius 3 is 2.43 bits per heavy atom. The van der Waals surface area contributed by atoms with Gasteiger partial charge in [-0.3, -0.25) is 0 Å². The molecule has 0 spiro atoms. The summed E-state index contributed by atoms with van der Waals surface area (Å²) in [6.07, 6.45) is 1.28. The fourth-order valence-electron chi connectivity index (χ4n) is 2.76. The molecule has 2 aromatic rings. The van der Waals surface area contributed by atoms with E-state index in [1.54, 1.807) is 0 Å². The first kappa shape index (κ1) is 14.4. The molecule has 0 amide bonds. The Morgan fingerprint density at radius 1 is 1.10 bits per heavy atom. The van der Waals surface area contributed by atoms with Gasteiger partial charge in [-0.2, -0.15) is 0 Å². The molecule has 1 aliphatic carbocycles. The normalized spacial score (nSPS) is 21.0. The predicted molar refractivity (Wildman–Crippen MR) is 86.3 cm³/mol. The topological polar surface area (TPSA) is 25.2 Å². The second-order valence-corrected chi connectivity index (χ2v) is 6.62. The zero-order valence-electron chi connectivity index (χ0n) is 13.2. The predicted octanol–water partition coefficient (Wildman–Crippen LogP) is 4.82. The van der Waals surface area contributed by atoms with Crippen molar-refractivity contribution in [1.29, 1.82) is 0 Å². The quantitative estimate of drug-likeness (QED) is 0.822. The van der Waals surface area contributed by atoms with E-state index in [-0.39, 0.29) is 0 Å². The van der Waals surface area contributed by atoms with Crippen LogP contribution in [0.15, 0.2) is 40.8 Å². The molecular formula is C19H25NO. The Bertz CT molecular complexity index is 582. The summed E-state index contributed by atoms with van der Waals surface area (Å²) < 4.78 is 5.90. The maximum atomic E-state index is 5.90. The van der Waals surface area contributed by atoms with Crippen LogP contribution >= 0.6 is 0 Å². The molecule has 1 N–H and O–H groups in total. The summed E-state index contributed by atoms with van der Waals surface area (Å²) in [4.78, 5) is 0. The van der Waals surface area contributed by atoms with E-state index in [4.69, 9.17) is 4.42 Å². The van der Waals surface area contributed by atoms with Gasteiger partial charge >= 0.3 is 0 Å². The van der Waals surface area contributed by atoms with Crippen LogP contribution in [0.5, 0.6) is 0 Å². The molecule has 1 aliphatic rings. The fraction of sp³-hybridized carbons (Fsp3) is 0.474. The standard InChI is InChI=1S/C19H25NO/c1-13(2)16-6-4-15(5-7-16)11-20-12-17-8-9-19(21-17)18-10-14(18)3/h4-9,13-14,18,20H,10-12H2,1-3H3/t14-,18+/m1/s1. The first-order valence-electron chi connectivity index (χ1n) is 8.01. The van der Waals surface area contributed by atoms with Crippen LogP contribution in [0.25, 0.3) is 0 Å². The molecule has 1 fully saturated rings. The molecule has 0 unspecified atom stereocenters. The number of rotatable bonds is 6. The van der Waals surface area contributed by atoms with Crippen LogP contribution in [0.4, 0.5) is 0 Å². The maximum absolute atomic E-state index is 5.90. The van der Waals surface area contributed by atoms with E-state index in [0.29, 0.717) is 11.8 Å². The van der Waals surface area contributed by atoms with Crippen molar-refractivity contribution < 1.29 is 4.42 Å². The summed E-state index contributed by atoms with van der Waals surface area (Å²) in [5.74, 6) is 4.28. The number of furan rings is 1. The summed E-state index contributed by atoms with van der Waals surface area (Å²) in [6.45, 7) is 8.41. The van der Waals surface area contributed by atoms with Crippen molar-refractivity contribution >= 4 is 0 Å². The first-order valence-corrected chi connectivity index (χ1v) is 8.01. The van der Waals surface area contributed by atoms with Gasteiger partial charge in [0, 0.05) is 12.5 Å². The number of benzene rings is 1. The van der Waals surface area contributed by atoms with Crippen LogP contribution in [0.1, 0.15) is 61.7 Å². The van der Waals surface area contributed by atoms with Gasteiger partial charge in [0.05, 0.1) is 6.54 Å². The van der Waals surface area contributed by atoms with E-state index in [2.05, 4.69) is 62.5 Å². The van der Waals surface area contributed by atoms with Crippen molar-refractivity contribution in [2.75, 3.05) is 0 Å². The van der Waals surface area contributed by atoms with Gasteiger partial charge in [-0.1, -0.05) is 45.0 Å². The molecule has 2 nitrogen and oxygen atoms in total. The van der Waals surface area contributed by atoms with Crippen molar-refractivity contribution in [2.45, 2.75) is 52.1 Å². The Hall–Kier alpha value is -1.54. The lowest BCUT2D eigenvalue weighted by Gasteiger charge is -2.07. The highest BCUT2D eigenvalue weighted by atomic mass is 16.3. The van der Waals surface area contributed by atoms with Gasteiger partial charge < -0.3 is 9.73 Å². The van der Waals surface area contributed by atoms with Crippen molar-refractivity contribution in [3.8, 4) is 0 Å². The van der Waals surface area contributed by atoms with Crippen LogP contribution in [0.3, 0.4) is 0 Å². The van der Waals surface area contributed by atoms with Crippen LogP contribution in [-0.2, 0) is 13.1 Å². The lowest BCUT2D eigenvalue weighted by atomic mass is 10.0. The summed E-state index contributed by atoms with van der Waals surface area (Å²) in [5.41, 5.74) is 2.72. The Labute approximate surface area is 127 Å². The van der Waals surface area contributed by atoms with Gasteiger partial charge in [-0.25, -0.2) is 0 Å². The Balaban J connectivity index is 1.48. The van der Waals surface area contributed by atoms with Gasteiger partial charge in [0.15, 0.2) is 0 Å². The van der Waals surface area contributed by atoms with E-state index < -0.39 is 0 Å². The molecule has 1 aromatic carbocycles. The van der Waals surface area contributed by atoms with Gasteiger partial charge in [-0.05, 0) is 41.5 Å². The van der Waals surface area contributed by atoms with E-state index in [0.717, 1.165) is 24.8 Å². The van der Waals surface area contributed by atoms with E-state index in [1.807, 2.05) is 0 Å². The second-order valence-electron chi connectivity index (χ2n) is 6.62. The lowest BCUT2D eigenvalue weighted by molar-refractivity contribution is 0.444. The van der Waals surface area contributed by atoms with Gasteiger partial charge in [0.2, 0.25) is 0 Å². The van der Waals surface area contributed by atoms with Crippen molar-refractivity contribution in [1.82, 2.24) is 5.32 Å². The third-order valence-corrected chi connectivity index (χ3v) is 4.43. The van der Waals surface area contributed by atoms with Gasteiger partial charge in [0.25, 0.3) is 0 Å². The third kappa shape index (κ3) is 3.56. The minimum absolute atomic E-state index is 0.596. The van der Waals surface area contributed by atoms with Gasteiger partial charge in [-0.15, -0.1) is 0 Å². The highest BCUT2D eigenvalue weighted by Crippen LogP contribution is 2.47. The third-order valence-electron chi connectivity index (χ3n) is 4.43. The van der Waals surface area contributed by atoms with Crippen LogP contribution in [0.2, 0.25) is 0 Å². The van der Waals surface area contributed by atoms with Crippen LogP contribution in [-0.4, -0.2) is 0 Å². The van der Waals surface area contributed by atoms with E-state index in [1.165, 1.54) is 23.3 Å². The van der Waals surface area contributed by atoms with Crippen molar-refractivity contribution in [2.24, 2.45) is 5.92 Å². The van der Waals surface area contributed by atoms with Crippen LogP contribution in [0, 0.1) is 5.92 Å². The SMILES string of the molecule is CC(C)c1ccc(CNCc2ccc([C@H]3C[C@H]3C)o2)cc1. The van der Waals surface area contributed by atoms with E-state index in [9.17, 15) is 0 Å². The van der Waals surface area contributed by atoms with E-state index >= 15 is 0 Å². The zero-order valence-corrected chi connectivity index (χ0v) is 13.2. The summed E-state index contributed by atoms with van der Waals surface area (Å²) >= 11 is 0. The monoisotopic (exact) mass is 283 g/mol. The summed E-state index contributed by atoms with van der Waals surface area (Å²) in [5, 5.41) is 3.46. The number of nitrogens with one attached hydrogen (secondary N) is 1. The summed E-state index contributed by atoms with van der Waals surface area (Å²) in [6, 6.07) is 13.1. The molecule has 2 atom stereocenters. The smallest absolute Gasteiger partial charge is 0.117 e. The molecule has 1 aromatic heterocycles. The van der Waals surface area contributed by atoms with Crippen molar-refractivity contribution in [3.63, 3.8) is 0 Å². The second kappa shape index (κ2) is 6.07. The lowest BCUT2D eigenvalue weighted by Crippen LogP contribution is -2.12. The molecular weight excluding hydrogens is 258 g/mol. The molecule has 1 heterocycles. The molecule has 3 rings (SSSR count). The largest absolute Gasteiger partial charge is 0.464 e. The minimum atomic E-state index is 0.596. The molecule has 0 saturated heterocycles. The highest BCUT2D eigenvalue weighted by molar-refractivity contribution is 5.24. The number of hydrogen-bond acceptors (Lipinski definition) is 2.